The number of piperidine rings is 1. The van der Waals surface area contributed by atoms with Gasteiger partial charge in [0.05, 0.1) is 17.5 Å². The summed E-state index contributed by atoms with van der Waals surface area (Å²) in [6, 6.07) is 18.1. The summed E-state index contributed by atoms with van der Waals surface area (Å²) in [6.07, 6.45) is 2.74. The molecule has 0 aromatic heterocycles. The molecule has 0 bridgehead atoms. The van der Waals surface area contributed by atoms with Crippen molar-refractivity contribution in [2.24, 2.45) is 5.73 Å². The predicted octanol–water partition coefficient (Wildman–Crippen LogP) is 6.82. The Balaban J connectivity index is 1.30. The number of carbonyl (C=O) groups excluding carboxylic acids is 1. The third-order valence-corrected chi connectivity index (χ3v) is 10.6. The van der Waals surface area contributed by atoms with Crippen molar-refractivity contribution in [1.82, 2.24) is 9.62 Å². The lowest BCUT2D eigenvalue weighted by molar-refractivity contribution is -0.146. The quantitative estimate of drug-likeness (QED) is 0.201. The molecule has 3 atom stereocenters. The van der Waals surface area contributed by atoms with Gasteiger partial charge in [0, 0.05) is 23.2 Å². The number of hydrogen-bond acceptors (Lipinski definition) is 5. The summed E-state index contributed by atoms with van der Waals surface area (Å²) < 4.78 is 82.7. The van der Waals surface area contributed by atoms with Crippen LogP contribution in [0.15, 0.2) is 89.8 Å². The van der Waals surface area contributed by atoms with Gasteiger partial charge in [-0.2, -0.15) is 13.5 Å². The Morgan fingerprint density at radius 3 is 2.19 bits per heavy atom. The number of carbonyl (C=O) groups is 1. The van der Waals surface area contributed by atoms with Crippen LogP contribution in [0, 0.1) is 0 Å². The Morgan fingerprint density at radius 1 is 0.915 bits per heavy atom. The van der Waals surface area contributed by atoms with Crippen LogP contribution >= 0.6 is 11.6 Å². The molecule has 1 aliphatic carbocycles. The molecule has 248 valence electrons. The van der Waals surface area contributed by atoms with Crippen molar-refractivity contribution in [2.75, 3.05) is 13.1 Å². The maximum absolute atomic E-state index is 16.4. The first-order valence-corrected chi connectivity index (χ1v) is 17.4. The second-order valence-corrected chi connectivity index (χ2v) is 14.4. The number of sulfonamides is 1. The number of fused-ring (bicyclic) bond motifs is 1. The van der Waals surface area contributed by atoms with Crippen LogP contribution in [0.5, 0.6) is 5.75 Å². The van der Waals surface area contributed by atoms with Gasteiger partial charge in [-0.05, 0) is 90.4 Å². The first-order valence-electron chi connectivity index (χ1n) is 15.6. The molecule has 0 spiro atoms. The number of alkyl halides is 3. The van der Waals surface area contributed by atoms with E-state index >= 15 is 8.78 Å². The van der Waals surface area contributed by atoms with Crippen molar-refractivity contribution in [1.29, 1.82) is 0 Å². The number of likely N-dealkylation sites (tertiary alicyclic amines) is 1. The van der Waals surface area contributed by atoms with Crippen LogP contribution in [0.3, 0.4) is 0 Å². The molecule has 1 heterocycles. The number of rotatable bonds is 9. The van der Waals surface area contributed by atoms with Crippen molar-refractivity contribution in [3.63, 3.8) is 0 Å². The van der Waals surface area contributed by atoms with Crippen LogP contribution in [0.25, 0.3) is 21.9 Å². The third kappa shape index (κ3) is 7.28. The van der Waals surface area contributed by atoms with E-state index in [2.05, 4.69) is 0 Å². The van der Waals surface area contributed by atoms with Crippen LogP contribution in [0.2, 0.25) is 5.02 Å². The molecular weight excluding hydrogens is 651 g/mol. The lowest BCUT2D eigenvalue weighted by atomic mass is 9.96. The highest BCUT2D eigenvalue weighted by molar-refractivity contribution is 7.89. The maximum atomic E-state index is 16.4. The Morgan fingerprint density at radius 2 is 1.53 bits per heavy atom. The first-order chi connectivity index (χ1) is 22.4. The van der Waals surface area contributed by atoms with Crippen molar-refractivity contribution in [3.8, 4) is 16.9 Å². The number of ether oxygens (including phenoxy) is 1. The van der Waals surface area contributed by atoms with Gasteiger partial charge < -0.3 is 15.4 Å². The molecule has 1 amide bonds. The molecule has 2 aliphatic rings. The van der Waals surface area contributed by atoms with Crippen LogP contribution in [-0.2, 0) is 20.7 Å². The van der Waals surface area contributed by atoms with Crippen LogP contribution in [0.1, 0.15) is 37.7 Å². The average Bonchev–Trinajstić information content (AvgIpc) is 3.58. The molecule has 0 unspecified atom stereocenters. The van der Waals surface area contributed by atoms with E-state index in [1.807, 2.05) is 4.72 Å². The van der Waals surface area contributed by atoms with Crippen molar-refractivity contribution < 1.29 is 31.1 Å². The minimum atomic E-state index is -4.67. The van der Waals surface area contributed by atoms with Crippen molar-refractivity contribution in [3.05, 3.63) is 95.5 Å². The van der Waals surface area contributed by atoms with Gasteiger partial charge in [-0.15, -0.1) is 0 Å². The van der Waals surface area contributed by atoms with E-state index in [0.717, 1.165) is 48.3 Å². The molecule has 7 nitrogen and oxygen atoms in total. The summed E-state index contributed by atoms with van der Waals surface area (Å²) in [7, 11) is -4.67. The molecule has 4 aromatic carbocycles. The number of nitrogens with two attached hydrogens (primary N) is 1. The third-order valence-electron chi connectivity index (χ3n) is 8.93. The molecule has 1 aliphatic heterocycles. The molecule has 3 N–H and O–H groups in total. The number of hydrogen-bond donors (Lipinski definition) is 2. The first kappa shape index (κ1) is 33.3. The van der Waals surface area contributed by atoms with Gasteiger partial charge in [-0.3, -0.25) is 4.79 Å². The molecular formula is C35H35ClF3N3O4S. The predicted molar refractivity (Wildman–Crippen MR) is 176 cm³/mol. The number of nitrogens with one attached hydrogen (secondary N) is 1. The SMILES string of the molecule is N[C@H]1CCN(C(=O)[C@H](NS(=O)(=O)c2ccc3cc(OC4CCCC4)ccc3c2)C(F)(F)c2ccc(-c3ccc(Cl)cc3)cc2)C[C@@H]1F. The highest BCUT2D eigenvalue weighted by Crippen LogP contribution is 2.36. The molecule has 4 aromatic rings. The average molecular weight is 686 g/mol. The standard InChI is InChI=1S/C35H35ClF3N3O4S/c36-27-13-7-23(8-14-27)22-5-11-26(12-6-22)35(38,39)33(34(43)42-18-17-32(40)31(37)21-42)41-47(44,45)30-16-10-24-19-29(15-9-25(24)20-30)46-28-3-1-2-4-28/h5-16,19-20,28,31-33,41H,1-4,17-18,21,40H2/t31-,32-,33-/m0/s1. The van der Waals surface area contributed by atoms with Crippen LogP contribution < -0.4 is 15.2 Å². The van der Waals surface area contributed by atoms with Crippen LogP contribution in [0.4, 0.5) is 13.2 Å². The van der Waals surface area contributed by atoms with Crippen molar-refractivity contribution in [2.45, 2.75) is 67.3 Å². The summed E-state index contributed by atoms with van der Waals surface area (Å²) >= 11 is 5.96. The van der Waals surface area contributed by atoms with Gasteiger partial charge in [-0.25, -0.2) is 12.8 Å². The number of nitrogens with zero attached hydrogens (tertiary/aromatic N) is 1. The zero-order valence-electron chi connectivity index (χ0n) is 25.4. The number of amides is 1. The zero-order valence-corrected chi connectivity index (χ0v) is 27.0. The molecule has 2 fully saturated rings. The largest absolute Gasteiger partial charge is 0.490 e. The Bertz CT molecular complexity index is 1850. The van der Waals surface area contributed by atoms with Gasteiger partial charge in [0.15, 0.2) is 6.04 Å². The van der Waals surface area contributed by atoms with E-state index in [9.17, 15) is 17.6 Å². The summed E-state index contributed by atoms with van der Waals surface area (Å²) in [6.45, 7) is -0.615. The molecule has 1 saturated heterocycles. The Kier molecular flexibility index (Phi) is 9.53. The topological polar surface area (TPSA) is 102 Å². The zero-order chi connectivity index (χ0) is 33.3. The summed E-state index contributed by atoms with van der Waals surface area (Å²) in [5.41, 5.74) is 6.50. The van der Waals surface area contributed by atoms with E-state index < -0.39 is 52.2 Å². The lowest BCUT2D eigenvalue weighted by Crippen LogP contribution is -2.60. The normalized spacial score (nSPS) is 20.0. The summed E-state index contributed by atoms with van der Waals surface area (Å²) in [5, 5.41) is 1.77. The monoisotopic (exact) mass is 685 g/mol. The smallest absolute Gasteiger partial charge is 0.298 e. The fourth-order valence-corrected chi connectivity index (χ4v) is 7.49. The molecule has 6 rings (SSSR count). The maximum Gasteiger partial charge on any atom is 0.298 e. The van der Waals surface area contributed by atoms with E-state index in [1.165, 1.54) is 24.3 Å². The van der Waals surface area contributed by atoms with Crippen molar-refractivity contribution >= 4 is 38.3 Å². The minimum absolute atomic E-state index is 0.0465. The molecule has 47 heavy (non-hydrogen) atoms. The molecule has 0 radical (unpaired) electrons. The highest BCUT2D eigenvalue weighted by Gasteiger charge is 2.50. The van der Waals surface area contributed by atoms with E-state index in [1.54, 1.807) is 48.5 Å². The van der Waals surface area contributed by atoms with Gasteiger partial charge >= 0.3 is 0 Å². The van der Waals surface area contributed by atoms with Gasteiger partial charge in [-0.1, -0.05) is 60.1 Å². The minimum Gasteiger partial charge on any atom is -0.490 e. The Labute approximate surface area is 276 Å². The van der Waals surface area contributed by atoms with E-state index in [4.69, 9.17) is 22.1 Å². The fraction of sp³-hybridized carbons (Fsp3) is 0.343. The summed E-state index contributed by atoms with van der Waals surface area (Å²) in [4.78, 5) is 14.3. The van der Waals surface area contributed by atoms with Crippen LogP contribution in [-0.4, -0.2) is 56.7 Å². The van der Waals surface area contributed by atoms with Gasteiger partial charge in [0.2, 0.25) is 15.9 Å². The van der Waals surface area contributed by atoms with E-state index in [-0.39, 0.29) is 24.0 Å². The number of halogens is 4. The second-order valence-electron chi connectivity index (χ2n) is 12.2. The lowest BCUT2D eigenvalue weighted by Gasteiger charge is -2.37. The molecule has 12 heteroatoms. The van der Waals surface area contributed by atoms with Gasteiger partial charge in [0.25, 0.3) is 5.92 Å². The summed E-state index contributed by atoms with van der Waals surface area (Å²) in [5.74, 6) is -4.60. The second kappa shape index (κ2) is 13.5. The highest BCUT2D eigenvalue weighted by atomic mass is 35.5. The molecule has 1 saturated carbocycles. The number of benzene rings is 4. The Hall–Kier alpha value is -3.64. The van der Waals surface area contributed by atoms with E-state index in [0.29, 0.717) is 27.1 Å². The fourth-order valence-electron chi connectivity index (χ4n) is 6.14. The van der Waals surface area contributed by atoms with Gasteiger partial charge in [0.1, 0.15) is 11.9 Å².